The smallest absolute Gasteiger partial charge is 0.269 e. The van der Waals surface area contributed by atoms with E-state index in [1.54, 1.807) is 24.3 Å². The van der Waals surface area contributed by atoms with Crippen molar-refractivity contribution < 1.29 is 22.6 Å². The third-order valence-electron chi connectivity index (χ3n) is 3.24. The Labute approximate surface area is 116 Å². The van der Waals surface area contributed by atoms with Crippen LogP contribution in [0, 0.1) is 0 Å². The van der Waals surface area contributed by atoms with Crippen LogP contribution in [0.25, 0.3) is 0 Å². The Bertz CT molecular complexity index is 621. The quantitative estimate of drug-likeness (QED) is 0.578. The highest BCUT2D eigenvalue weighted by atomic mass is 32.2. The Morgan fingerprint density at radius 2 is 1.65 bits per heavy atom. The van der Waals surface area contributed by atoms with E-state index >= 15 is 0 Å². The Kier molecular flexibility index (Phi) is 3.89. The van der Waals surface area contributed by atoms with Crippen molar-refractivity contribution in [1.82, 2.24) is 4.90 Å². The maximum Gasteiger partial charge on any atom is 0.269 e. The number of nitrogens with zero attached hydrogens (tertiary/aromatic N) is 1. The highest BCUT2D eigenvalue weighted by Gasteiger charge is 2.35. The molecule has 0 radical (unpaired) electrons. The molecule has 108 valence electrons. The second-order valence-corrected chi connectivity index (χ2v) is 6.17. The first-order valence-corrected chi connectivity index (χ1v) is 7.48. The Morgan fingerprint density at radius 3 is 2.05 bits per heavy atom. The molecule has 0 spiro atoms. The predicted molar refractivity (Wildman–Crippen MR) is 70.8 cm³/mol. The highest BCUT2D eigenvalue weighted by Crippen LogP contribution is 2.23. The maximum absolute atomic E-state index is 12.0. The van der Waals surface area contributed by atoms with E-state index < -0.39 is 27.2 Å². The first-order valence-electron chi connectivity index (χ1n) is 5.98. The molecule has 0 aromatic heterocycles. The minimum atomic E-state index is -4.28. The van der Waals surface area contributed by atoms with Crippen LogP contribution in [0.15, 0.2) is 24.3 Å². The van der Waals surface area contributed by atoms with Crippen molar-refractivity contribution in [3.05, 3.63) is 35.4 Å². The molecule has 0 aliphatic carbocycles. The number of imide groups is 1. The van der Waals surface area contributed by atoms with E-state index in [4.69, 9.17) is 10.3 Å². The van der Waals surface area contributed by atoms with Gasteiger partial charge < -0.3 is 5.73 Å². The number of carbonyl (C=O) groups excluding carboxylic acids is 2. The highest BCUT2D eigenvalue weighted by molar-refractivity contribution is 7.86. The van der Waals surface area contributed by atoms with Gasteiger partial charge in [-0.15, -0.1) is 0 Å². The molecule has 20 heavy (non-hydrogen) atoms. The van der Waals surface area contributed by atoms with Crippen molar-refractivity contribution in [2.45, 2.75) is 11.7 Å². The number of rotatable bonds is 5. The molecule has 1 aliphatic rings. The van der Waals surface area contributed by atoms with Crippen molar-refractivity contribution in [3.8, 4) is 0 Å². The summed E-state index contributed by atoms with van der Waals surface area (Å²) in [5, 5.41) is -1.19. The summed E-state index contributed by atoms with van der Waals surface area (Å²) in [4.78, 5) is 25.0. The summed E-state index contributed by atoms with van der Waals surface area (Å²) in [6, 6.07) is 6.38. The first-order chi connectivity index (χ1) is 9.36. The van der Waals surface area contributed by atoms with Gasteiger partial charge in [-0.05, 0) is 18.6 Å². The summed E-state index contributed by atoms with van der Waals surface area (Å²) in [5.74, 6) is -0.923. The van der Waals surface area contributed by atoms with Gasteiger partial charge in [-0.2, -0.15) is 8.42 Å². The molecule has 1 aromatic rings. The summed E-state index contributed by atoms with van der Waals surface area (Å²) in [5.41, 5.74) is 5.87. The lowest BCUT2D eigenvalue weighted by molar-refractivity contribution is 0.0651. The maximum atomic E-state index is 12.0. The molecular formula is C12H14N2O5S. The monoisotopic (exact) mass is 298 g/mol. The summed E-state index contributed by atoms with van der Waals surface area (Å²) >= 11 is 0. The molecule has 0 bridgehead atoms. The van der Waals surface area contributed by atoms with E-state index in [1.165, 1.54) is 0 Å². The first kappa shape index (κ1) is 14.6. The second kappa shape index (κ2) is 5.31. The van der Waals surface area contributed by atoms with Crippen LogP contribution in [0.5, 0.6) is 0 Å². The molecule has 0 saturated heterocycles. The van der Waals surface area contributed by atoms with Gasteiger partial charge in [-0.25, -0.2) is 0 Å². The van der Waals surface area contributed by atoms with Crippen molar-refractivity contribution in [2.75, 3.05) is 13.1 Å². The van der Waals surface area contributed by atoms with Gasteiger partial charge in [0, 0.05) is 13.1 Å². The SMILES string of the molecule is NCC(CCN1C(=O)c2ccccc2C1=O)S(=O)(=O)O. The second-order valence-electron chi connectivity index (χ2n) is 4.47. The van der Waals surface area contributed by atoms with E-state index in [1.807, 2.05) is 0 Å². The molecule has 3 N–H and O–H groups in total. The molecule has 7 nitrogen and oxygen atoms in total. The zero-order chi connectivity index (χ0) is 14.9. The number of hydrogen-bond donors (Lipinski definition) is 2. The molecule has 1 atom stereocenters. The van der Waals surface area contributed by atoms with Crippen LogP contribution in [-0.2, 0) is 10.1 Å². The third-order valence-corrected chi connectivity index (χ3v) is 4.51. The molecule has 2 rings (SSSR count). The molecule has 0 fully saturated rings. The van der Waals surface area contributed by atoms with E-state index in [0.29, 0.717) is 11.1 Å². The standard InChI is InChI=1S/C12H14N2O5S/c13-7-8(20(17,18)19)5-6-14-11(15)9-3-1-2-4-10(9)12(14)16/h1-4,8H,5-7,13H2,(H,17,18,19). The van der Waals surface area contributed by atoms with Crippen LogP contribution in [0.3, 0.4) is 0 Å². The molecule has 1 heterocycles. The lowest BCUT2D eigenvalue weighted by Gasteiger charge is -2.17. The number of fused-ring (bicyclic) bond motifs is 1. The minimum Gasteiger partial charge on any atom is -0.329 e. The lowest BCUT2D eigenvalue weighted by atomic mass is 10.1. The van der Waals surface area contributed by atoms with Crippen LogP contribution in [0.1, 0.15) is 27.1 Å². The summed E-state index contributed by atoms with van der Waals surface area (Å²) in [6.07, 6.45) is -0.0964. The molecule has 1 aromatic carbocycles. The van der Waals surface area contributed by atoms with Gasteiger partial charge in [0.2, 0.25) is 0 Å². The topological polar surface area (TPSA) is 118 Å². The van der Waals surface area contributed by atoms with Gasteiger partial charge in [0.25, 0.3) is 21.9 Å². The zero-order valence-electron chi connectivity index (χ0n) is 10.5. The average molecular weight is 298 g/mol. The number of carbonyl (C=O) groups is 2. The summed E-state index contributed by atoms with van der Waals surface area (Å²) in [7, 11) is -4.28. The van der Waals surface area contributed by atoms with Crippen LogP contribution < -0.4 is 5.73 Å². The predicted octanol–water partition coefficient (Wildman–Crippen LogP) is -0.112. The van der Waals surface area contributed by atoms with Gasteiger partial charge in [0.1, 0.15) is 5.25 Å². The average Bonchev–Trinajstić information content (AvgIpc) is 2.63. The molecule has 2 amide bonds. The number of nitrogens with two attached hydrogens (primary N) is 1. The summed E-state index contributed by atoms with van der Waals surface area (Å²) in [6.45, 7) is -0.379. The number of hydrogen-bond acceptors (Lipinski definition) is 5. The van der Waals surface area contributed by atoms with E-state index in [9.17, 15) is 18.0 Å². The van der Waals surface area contributed by atoms with Crippen LogP contribution in [-0.4, -0.2) is 48.0 Å². The minimum absolute atomic E-state index is 0.0964. The van der Waals surface area contributed by atoms with Crippen molar-refractivity contribution in [2.24, 2.45) is 5.73 Å². The van der Waals surface area contributed by atoms with Gasteiger partial charge in [-0.1, -0.05) is 12.1 Å². The Hall–Kier alpha value is -1.77. The van der Waals surface area contributed by atoms with Crippen LogP contribution in [0.4, 0.5) is 0 Å². The fraction of sp³-hybridized carbons (Fsp3) is 0.333. The Balaban J connectivity index is 2.13. The van der Waals surface area contributed by atoms with Gasteiger partial charge in [0.15, 0.2) is 0 Å². The molecule has 0 saturated carbocycles. The van der Waals surface area contributed by atoms with Crippen molar-refractivity contribution in [1.29, 1.82) is 0 Å². The van der Waals surface area contributed by atoms with Crippen molar-refractivity contribution in [3.63, 3.8) is 0 Å². The number of benzene rings is 1. The fourth-order valence-corrected chi connectivity index (χ4v) is 2.75. The molecular weight excluding hydrogens is 284 g/mol. The van der Waals surface area contributed by atoms with Crippen molar-refractivity contribution >= 4 is 21.9 Å². The van der Waals surface area contributed by atoms with Crippen LogP contribution in [0.2, 0.25) is 0 Å². The lowest BCUT2D eigenvalue weighted by Crippen LogP contribution is -2.37. The number of amides is 2. The zero-order valence-corrected chi connectivity index (χ0v) is 11.3. The van der Waals surface area contributed by atoms with Gasteiger partial charge in [0.05, 0.1) is 11.1 Å². The summed E-state index contributed by atoms with van der Waals surface area (Å²) < 4.78 is 31.0. The van der Waals surface area contributed by atoms with E-state index in [0.717, 1.165) is 4.90 Å². The third kappa shape index (κ3) is 2.58. The molecule has 1 aliphatic heterocycles. The van der Waals surface area contributed by atoms with Gasteiger partial charge in [-0.3, -0.25) is 19.0 Å². The molecule has 1 unspecified atom stereocenters. The molecule has 8 heteroatoms. The van der Waals surface area contributed by atoms with Crippen LogP contribution >= 0.6 is 0 Å². The van der Waals surface area contributed by atoms with Gasteiger partial charge >= 0.3 is 0 Å². The fourth-order valence-electron chi connectivity index (χ4n) is 2.10. The van der Waals surface area contributed by atoms with E-state index in [-0.39, 0.29) is 19.5 Å². The largest absolute Gasteiger partial charge is 0.329 e. The van der Waals surface area contributed by atoms with E-state index in [2.05, 4.69) is 0 Å². The normalized spacial score (nSPS) is 16.4. The Morgan fingerprint density at radius 1 is 1.15 bits per heavy atom.